The van der Waals surface area contributed by atoms with E-state index in [4.69, 9.17) is 0 Å². The second-order valence-corrected chi connectivity index (χ2v) is 10.7. The van der Waals surface area contributed by atoms with Crippen LogP contribution in [0.2, 0.25) is 0 Å². The predicted molar refractivity (Wildman–Crippen MR) is 155 cm³/mol. The van der Waals surface area contributed by atoms with Crippen molar-refractivity contribution in [2.75, 3.05) is 26.2 Å². The molecule has 204 valence electrons. The van der Waals surface area contributed by atoms with E-state index in [1.165, 1.54) is 103 Å². The first-order chi connectivity index (χ1) is 17.2. The highest BCUT2D eigenvalue weighted by Crippen LogP contribution is 2.26. The first-order valence-electron chi connectivity index (χ1n) is 15.4. The summed E-state index contributed by atoms with van der Waals surface area (Å²) in [5.41, 5.74) is 2.23. The Morgan fingerprint density at radius 3 is 1.09 bits per heavy atom. The molecule has 0 heterocycles. The summed E-state index contributed by atoms with van der Waals surface area (Å²) < 4.78 is 0. The van der Waals surface area contributed by atoms with Crippen LogP contribution in [0.15, 0.2) is 18.2 Å². The van der Waals surface area contributed by atoms with Crippen LogP contribution in [0.4, 0.5) is 0 Å². The van der Waals surface area contributed by atoms with Crippen molar-refractivity contribution < 1.29 is 5.11 Å². The monoisotopic (exact) mass is 488 g/mol. The molecule has 35 heavy (non-hydrogen) atoms. The number of phenolic OH excluding ortho intramolecular Hbond substituents is 1. The Labute approximate surface area is 219 Å². The lowest BCUT2D eigenvalue weighted by Gasteiger charge is -2.25. The fraction of sp³-hybridized carbons (Fsp3) is 0.812. The predicted octanol–water partition coefficient (Wildman–Crippen LogP) is 9.32. The van der Waals surface area contributed by atoms with Gasteiger partial charge in [0, 0.05) is 24.2 Å². The number of unbranched alkanes of at least 4 members (excludes halogenated alkanes) is 12. The van der Waals surface area contributed by atoms with Gasteiger partial charge in [0.2, 0.25) is 0 Å². The van der Waals surface area contributed by atoms with Crippen molar-refractivity contribution in [1.82, 2.24) is 9.80 Å². The molecule has 0 aliphatic heterocycles. The van der Waals surface area contributed by atoms with Crippen molar-refractivity contribution in [2.24, 2.45) is 0 Å². The quantitative estimate of drug-likeness (QED) is 0.147. The number of rotatable bonds is 24. The summed E-state index contributed by atoms with van der Waals surface area (Å²) in [7, 11) is 0. The van der Waals surface area contributed by atoms with Gasteiger partial charge < -0.3 is 5.11 Å². The largest absolute Gasteiger partial charge is 0.507 e. The van der Waals surface area contributed by atoms with Crippen molar-refractivity contribution in [3.05, 3.63) is 29.3 Å². The summed E-state index contributed by atoms with van der Waals surface area (Å²) in [6.45, 7) is 15.5. The van der Waals surface area contributed by atoms with Crippen molar-refractivity contribution in [3.63, 3.8) is 0 Å². The Hall–Kier alpha value is -1.06. The highest BCUT2D eigenvalue weighted by Gasteiger charge is 2.14. The fourth-order valence-electron chi connectivity index (χ4n) is 4.97. The molecule has 0 aliphatic rings. The zero-order valence-corrected chi connectivity index (χ0v) is 24.1. The van der Waals surface area contributed by atoms with E-state index in [0.29, 0.717) is 5.75 Å². The molecule has 0 fully saturated rings. The third kappa shape index (κ3) is 15.6. The number of benzene rings is 1. The van der Waals surface area contributed by atoms with Crippen LogP contribution in [0.25, 0.3) is 0 Å². The zero-order chi connectivity index (χ0) is 25.6. The minimum Gasteiger partial charge on any atom is -0.507 e. The normalized spacial score (nSPS) is 11.7. The maximum atomic E-state index is 11.3. The Morgan fingerprint density at radius 2 is 0.800 bits per heavy atom. The van der Waals surface area contributed by atoms with E-state index >= 15 is 0 Å². The fourth-order valence-corrected chi connectivity index (χ4v) is 4.97. The molecule has 0 radical (unpaired) electrons. The zero-order valence-electron chi connectivity index (χ0n) is 24.1. The molecule has 0 saturated heterocycles. The lowest BCUT2D eigenvalue weighted by atomic mass is 10.1. The van der Waals surface area contributed by atoms with Gasteiger partial charge in [-0.2, -0.15) is 0 Å². The van der Waals surface area contributed by atoms with Gasteiger partial charge in [0.25, 0.3) is 0 Å². The summed E-state index contributed by atoms with van der Waals surface area (Å²) in [5.74, 6) is 0.548. The van der Waals surface area contributed by atoms with Gasteiger partial charge in [0.05, 0.1) is 0 Å². The van der Waals surface area contributed by atoms with E-state index < -0.39 is 0 Å². The standard InChI is InChI=1S/C32H60N2O/c1-5-9-13-17-24-33(25-18-14-10-6-2)28-30-22-21-23-31(32(30)35)29-34(26-19-15-11-7-3)27-20-16-12-8-4/h21-23,35H,5-20,24-29H2,1-4H3. The second-order valence-electron chi connectivity index (χ2n) is 10.7. The molecule has 0 spiro atoms. The third-order valence-electron chi connectivity index (χ3n) is 7.30. The number of hydrogen-bond donors (Lipinski definition) is 1. The minimum absolute atomic E-state index is 0.548. The van der Waals surface area contributed by atoms with Gasteiger partial charge in [-0.1, -0.05) is 123 Å². The number of hydrogen-bond acceptors (Lipinski definition) is 3. The topological polar surface area (TPSA) is 26.7 Å². The number of phenols is 1. The smallest absolute Gasteiger partial charge is 0.124 e. The maximum Gasteiger partial charge on any atom is 0.124 e. The lowest BCUT2D eigenvalue weighted by molar-refractivity contribution is 0.242. The Kier molecular flexibility index (Phi) is 20.2. The van der Waals surface area contributed by atoms with Crippen LogP contribution in [0.3, 0.4) is 0 Å². The number of aromatic hydroxyl groups is 1. The molecular formula is C32H60N2O. The molecule has 0 atom stereocenters. The van der Waals surface area contributed by atoms with E-state index in [9.17, 15) is 5.11 Å². The maximum absolute atomic E-state index is 11.3. The number of nitrogens with zero attached hydrogens (tertiary/aromatic N) is 2. The lowest BCUT2D eigenvalue weighted by Crippen LogP contribution is -2.27. The minimum atomic E-state index is 0.548. The SMILES string of the molecule is CCCCCCN(CCCCCC)Cc1cccc(CN(CCCCCC)CCCCCC)c1O. The van der Waals surface area contributed by atoms with Gasteiger partial charge in [0.15, 0.2) is 0 Å². The van der Waals surface area contributed by atoms with Gasteiger partial charge in [-0.25, -0.2) is 0 Å². The van der Waals surface area contributed by atoms with E-state index in [-0.39, 0.29) is 0 Å². The van der Waals surface area contributed by atoms with Gasteiger partial charge >= 0.3 is 0 Å². The first-order valence-corrected chi connectivity index (χ1v) is 15.4. The average molecular weight is 489 g/mol. The number of para-hydroxylation sites is 1. The van der Waals surface area contributed by atoms with E-state index in [2.05, 4.69) is 55.7 Å². The van der Waals surface area contributed by atoms with Gasteiger partial charge in [-0.15, -0.1) is 0 Å². The molecule has 3 heteroatoms. The van der Waals surface area contributed by atoms with Crippen LogP contribution in [0.5, 0.6) is 5.75 Å². The van der Waals surface area contributed by atoms with Crippen LogP contribution in [0.1, 0.15) is 142 Å². The first kappa shape index (κ1) is 32.0. The van der Waals surface area contributed by atoms with E-state index in [1.807, 2.05) is 0 Å². The van der Waals surface area contributed by atoms with Gasteiger partial charge in [-0.05, 0) is 51.9 Å². The molecule has 0 saturated carbocycles. The summed E-state index contributed by atoms with van der Waals surface area (Å²) in [6, 6.07) is 6.47. The summed E-state index contributed by atoms with van der Waals surface area (Å²) in [4.78, 5) is 5.19. The van der Waals surface area contributed by atoms with Crippen LogP contribution in [-0.4, -0.2) is 41.1 Å². The summed E-state index contributed by atoms with van der Waals surface area (Å²) in [6.07, 6.45) is 20.8. The molecule has 0 unspecified atom stereocenters. The Balaban J connectivity index is 2.80. The van der Waals surface area contributed by atoms with Crippen molar-refractivity contribution in [2.45, 2.75) is 144 Å². The summed E-state index contributed by atoms with van der Waals surface area (Å²) >= 11 is 0. The molecule has 1 aromatic carbocycles. The molecule has 1 N–H and O–H groups in total. The van der Waals surface area contributed by atoms with Crippen molar-refractivity contribution in [1.29, 1.82) is 0 Å². The summed E-state index contributed by atoms with van der Waals surface area (Å²) in [5, 5.41) is 11.3. The highest BCUT2D eigenvalue weighted by molar-refractivity contribution is 5.40. The van der Waals surface area contributed by atoms with Crippen molar-refractivity contribution in [3.8, 4) is 5.75 Å². The van der Waals surface area contributed by atoms with E-state index in [0.717, 1.165) is 50.4 Å². The molecule has 1 rings (SSSR count). The van der Waals surface area contributed by atoms with Crippen LogP contribution in [0, 0.1) is 0 Å². The molecule has 3 nitrogen and oxygen atoms in total. The molecule has 0 bridgehead atoms. The average Bonchev–Trinajstić information content (AvgIpc) is 2.86. The molecule has 1 aromatic rings. The Bertz CT molecular complexity index is 531. The van der Waals surface area contributed by atoms with Crippen LogP contribution in [-0.2, 0) is 13.1 Å². The van der Waals surface area contributed by atoms with E-state index in [1.54, 1.807) is 0 Å². The second kappa shape index (κ2) is 22.2. The van der Waals surface area contributed by atoms with Gasteiger partial charge in [-0.3, -0.25) is 9.80 Å². The van der Waals surface area contributed by atoms with Crippen molar-refractivity contribution >= 4 is 0 Å². The third-order valence-corrected chi connectivity index (χ3v) is 7.30. The van der Waals surface area contributed by atoms with Crippen LogP contribution >= 0.6 is 0 Å². The van der Waals surface area contributed by atoms with Crippen LogP contribution < -0.4 is 0 Å². The Morgan fingerprint density at radius 1 is 0.486 bits per heavy atom. The molecule has 0 aromatic heterocycles. The highest BCUT2D eigenvalue weighted by atomic mass is 16.3. The molecular weight excluding hydrogens is 428 g/mol. The molecule has 0 aliphatic carbocycles. The van der Waals surface area contributed by atoms with Gasteiger partial charge in [0.1, 0.15) is 5.75 Å². The molecule has 0 amide bonds.